The number of rotatable bonds is 1. The summed E-state index contributed by atoms with van der Waals surface area (Å²) in [6, 6.07) is 6.71. The summed E-state index contributed by atoms with van der Waals surface area (Å²) >= 11 is 6.09. The first kappa shape index (κ1) is 13.2. The first-order valence-electron chi connectivity index (χ1n) is 7.01. The molecule has 0 radical (unpaired) electrons. The molecule has 1 aromatic carbocycles. The van der Waals surface area contributed by atoms with Gasteiger partial charge >= 0.3 is 0 Å². The van der Waals surface area contributed by atoms with E-state index in [1.165, 1.54) is 0 Å². The fraction of sp³-hybridized carbons (Fsp3) is 0.467. The number of hydrogen-bond donors (Lipinski definition) is 2. The molecule has 1 aliphatic heterocycles. The zero-order valence-electron chi connectivity index (χ0n) is 11.0. The molecular formula is C15H14ClNO4. The van der Waals surface area contributed by atoms with Crippen molar-refractivity contribution in [3.05, 3.63) is 29.3 Å². The Morgan fingerprint density at radius 2 is 1.52 bits per heavy atom. The van der Waals surface area contributed by atoms with Crippen LogP contribution in [0, 0.1) is 23.7 Å². The van der Waals surface area contributed by atoms with Crippen LogP contribution in [0.2, 0.25) is 5.02 Å². The fourth-order valence-corrected chi connectivity index (χ4v) is 4.52. The largest absolute Gasteiger partial charge is 0.390 e. The summed E-state index contributed by atoms with van der Waals surface area (Å²) in [6.07, 6.45) is -1.30. The molecule has 2 N–H and O–H groups in total. The highest BCUT2D eigenvalue weighted by atomic mass is 35.5. The third kappa shape index (κ3) is 1.54. The predicted molar refractivity (Wildman–Crippen MR) is 74.5 cm³/mol. The average Bonchev–Trinajstić information content (AvgIpc) is 3.06. The van der Waals surface area contributed by atoms with Crippen molar-refractivity contribution in [1.82, 2.24) is 0 Å². The molecule has 1 heterocycles. The average molecular weight is 308 g/mol. The maximum Gasteiger partial charge on any atom is 0.238 e. The summed E-state index contributed by atoms with van der Waals surface area (Å²) in [7, 11) is 0. The molecule has 0 aromatic heterocycles. The van der Waals surface area contributed by atoms with Gasteiger partial charge in [0.15, 0.2) is 0 Å². The Morgan fingerprint density at radius 3 is 2.05 bits per heavy atom. The molecule has 2 saturated carbocycles. The number of carbonyl (C=O) groups is 2. The maximum atomic E-state index is 12.6. The van der Waals surface area contributed by atoms with E-state index in [0.717, 1.165) is 4.90 Å². The number of para-hydroxylation sites is 1. The lowest BCUT2D eigenvalue weighted by Crippen LogP contribution is -2.43. The van der Waals surface area contributed by atoms with Gasteiger partial charge in [-0.25, -0.2) is 4.90 Å². The van der Waals surface area contributed by atoms with Gasteiger partial charge in [-0.05, 0) is 18.6 Å². The monoisotopic (exact) mass is 307 g/mol. The molecule has 0 spiro atoms. The SMILES string of the molecule is O=C1[C@H]2[C@@H]3C[C@@H]([C@H](O)[C@H]3O)[C@@H]2C(=O)N1c1ccccc1Cl. The molecule has 2 aliphatic carbocycles. The maximum absolute atomic E-state index is 12.6. The van der Waals surface area contributed by atoms with Crippen molar-refractivity contribution in [3.8, 4) is 0 Å². The number of amides is 2. The summed E-state index contributed by atoms with van der Waals surface area (Å²) in [6.45, 7) is 0. The molecule has 4 rings (SSSR count). The van der Waals surface area contributed by atoms with Crippen molar-refractivity contribution in [2.75, 3.05) is 4.90 Å². The first-order chi connectivity index (χ1) is 10.0. The van der Waals surface area contributed by atoms with E-state index >= 15 is 0 Å². The van der Waals surface area contributed by atoms with E-state index in [4.69, 9.17) is 11.6 Å². The number of aliphatic hydroxyl groups excluding tert-OH is 2. The summed E-state index contributed by atoms with van der Waals surface area (Å²) in [4.78, 5) is 26.4. The Balaban J connectivity index is 1.77. The second-order valence-corrected chi connectivity index (χ2v) is 6.47. The van der Waals surface area contributed by atoms with E-state index in [2.05, 4.69) is 0 Å². The van der Waals surface area contributed by atoms with Gasteiger partial charge < -0.3 is 10.2 Å². The van der Waals surface area contributed by atoms with Crippen LogP contribution in [-0.2, 0) is 9.59 Å². The van der Waals surface area contributed by atoms with Crippen molar-refractivity contribution in [1.29, 1.82) is 0 Å². The Morgan fingerprint density at radius 1 is 1.00 bits per heavy atom. The number of imide groups is 1. The van der Waals surface area contributed by atoms with Crippen LogP contribution < -0.4 is 4.90 Å². The van der Waals surface area contributed by atoms with Gasteiger partial charge in [0.1, 0.15) is 0 Å². The van der Waals surface area contributed by atoms with Crippen molar-refractivity contribution in [3.63, 3.8) is 0 Å². The van der Waals surface area contributed by atoms with Crippen molar-refractivity contribution in [2.24, 2.45) is 23.7 Å². The van der Waals surface area contributed by atoms with Crippen LogP contribution >= 0.6 is 11.6 Å². The van der Waals surface area contributed by atoms with Crippen LogP contribution in [0.25, 0.3) is 0 Å². The summed E-state index contributed by atoms with van der Waals surface area (Å²) < 4.78 is 0. The topological polar surface area (TPSA) is 77.8 Å². The van der Waals surface area contributed by atoms with Gasteiger partial charge in [-0.15, -0.1) is 0 Å². The second kappa shape index (κ2) is 4.29. The molecule has 3 aliphatic rings. The molecule has 2 bridgehead atoms. The third-order valence-corrected chi connectivity index (χ3v) is 5.51. The van der Waals surface area contributed by atoms with E-state index < -0.39 is 24.0 Å². The number of fused-ring (bicyclic) bond motifs is 5. The normalized spacial score (nSPS) is 41.0. The molecule has 2 amide bonds. The van der Waals surface area contributed by atoms with E-state index in [0.29, 0.717) is 17.1 Å². The summed E-state index contributed by atoms with van der Waals surface area (Å²) in [5, 5.41) is 20.3. The smallest absolute Gasteiger partial charge is 0.238 e. The molecule has 6 heteroatoms. The fourth-order valence-electron chi connectivity index (χ4n) is 4.30. The standard InChI is InChI=1S/C15H14ClNO4/c16-8-3-1-2-4-9(8)17-14(20)10-6-5-7(11(10)15(17)21)13(19)12(6)18/h1-4,6-7,10-13,18-19H,5H2/t6-,7+,10-,11-,12-,13-/m0/s1. The Kier molecular flexibility index (Phi) is 2.70. The summed E-state index contributed by atoms with van der Waals surface area (Å²) in [5.74, 6) is -2.35. The molecule has 110 valence electrons. The van der Waals surface area contributed by atoms with Crippen LogP contribution in [0.1, 0.15) is 6.42 Å². The van der Waals surface area contributed by atoms with Crippen LogP contribution in [0.5, 0.6) is 0 Å². The van der Waals surface area contributed by atoms with E-state index in [-0.39, 0.29) is 23.7 Å². The summed E-state index contributed by atoms with van der Waals surface area (Å²) in [5.41, 5.74) is 0.381. The van der Waals surface area contributed by atoms with Crippen molar-refractivity contribution >= 4 is 29.1 Å². The lowest BCUT2D eigenvalue weighted by molar-refractivity contribution is -0.129. The number of benzene rings is 1. The molecular weight excluding hydrogens is 294 g/mol. The van der Waals surface area contributed by atoms with E-state index in [1.807, 2.05) is 0 Å². The molecule has 1 saturated heterocycles. The molecule has 3 fully saturated rings. The molecule has 0 unspecified atom stereocenters. The van der Waals surface area contributed by atoms with Gasteiger partial charge in [0.05, 0.1) is 34.8 Å². The number of carbonyl (C=O) groups excluding carboxylic acids is 2. The number of hydrogen-bond acceptors (Lipinski definition) is 4. The lowest BCUT2D eigenvalue weighted by atomic mass is 9.78. The van der Waals surface area contributed by atoms with Crippen LogP contribution in [-0.4, -0.2) is 34.2 Å². The second-order valence-electron chi connectivity index (χ2n) is 6.06. The van der Waals surface area contributed by atoms with Gasteiger partial charge in [-0.2, -0.15) is 0 Å². The van der Waals surface area contributed by atoms with Gasteiger partial charge in [-0.3, -0.25) is 9.59 Å². The van der Waals surface area contributed by atoms with Crippen LogP contribution in [0.4, 0.5) is 5.69 Å². The van der Waals surface area contributed by atoms with Gasteiger partial charge in [0.25, 0.3) is 0 Å². The quantitative estimate of drug-likeness (QED) is 0.753. The number of aliphatic hydroxyl groups is 2. The minimum Gasteiger partial charge on any atom is -0.390 e. The first-order valence-corrected chi connectivity index (χ1v) is 7.38. The van der Waals surface area contributed by atoms with Crippen LogP contribution in [0.3, 0.4) is 0 Å². The Bertz CT molecular complexity index is 616. The molecule has 5 nitrogen and oxygen atoms in total. The minimum absolute atomic E-state index is 0.309. The highest BCUT2D eigenvalue weighted by molar-refractivity contribution is 6.36. The lowest BCUT2D eigenvalue weighted by Gasteiger charge is -2.29. The minimum atomic E-state index is -0.917. The van der Waals surface area contributed by atoms with Crippen LogP contribution in [0.15, 0.2) is 24.3 Å². The predicted octanol–water partition coefficient (Wildman–Crippen LogP) is 0.817. The van der Waals surface area contributed by atoms with E-state index in [1.54, 1.807) is 24.3 Å². The number of halogens is 1. The Labute approximate surface area is 126 Å². The highest BCUT2D eigenvalue weighted by Gasteiger charge is 2.67. The molecule has 1 aromatic rings. The molecule has 6 atom stereocenters. The van der Waals surface area contributed by atoms with E-state index in [9.17, 15) is 19.8 Å². The van der Waals surface area contributed by atoms with Gasteiger partial charge in [0, 0.05) is 11.8 Å². The van der Waals surface area contributed by atoms with Crippen molar-refractivity contribution < 1.29 is 19.8 Å². The number of anilines is 1. The molecule has 21 heavy (non-hydrogen) atoms. The van der Waals surface area contributed by atoms with Crippen molar-refractivity contribution in [2.45, 2.75) is 18.6 Å². The Hall–Kier alpha value is -1.43. The van der Waals surface area contributed by atoms with Gasteiger partial charge in [-0.1, -0.05) is 23.7 Å². The highest BCUT2D eigenvalue weighted by Crippen LogP contribution is 2.57. The zero-order chi connectivity index (χ0) is 14.9. The zero-order valence-corrected chi connectivity index (χ0v) is 11.8. The van der Waals surface area contributed by atoms with Gasteiger partial charge in [0.2, 0.25) is 11.8 Å². The third-order valence-electron chi connectivity index (χ3n) is 5.19. The number of nitrogens with zero attached hydrogens (tertiary/aromatic N) is 1.